The molecule has 1 aliphatic rings. The highest BCUT2D eigenvalue weighted by Gasteiger charge is 2.21. The molecule has 1 fully saturated rings. The van der Waals surface area contributed by atoms with Gasteiger partial charge in [0.25, 0.3) is 0 Å². The molecular formula is C22H20ClN5O. The predicted molar refractivity (Wildman–Crippen MR) is 115 cm³/mol. The summed E-state index contributed by atoms with van der Waals surface area (Å²) in [6.07, 6.45) is 5.08. The molecule has 0 bridgehead atoms. The molecule has 4 rings (SSSR count). The van der Waals surface area contributed by atoms with Crippen molar-refractivity contribution in [1.82, 2.24) is 20.1 Å². The van der Waals surface area contributed by atoms with Crippen LogP contribution in [0.15, 0.2) is 66.9 Å². The minimum atomic E-state index is -0.0128. The van der Waals surface area contributed by atoms with Gasteiger partial charge in [-0.05, 0) is 42.0 Å². The Morgan fingerprint density at radius 2 is 1.69 bits per heavy atom. The second kappa shape index (κ2) is 8.84. The number of amides is 1. The Labute approximate surface area is 174 Å². The maximum Gasteiger partial charge on any atom is 0.246 e. The molecule has 0 aliphatic carbocycles. The number of rotatable bonds is 4. The monoisotopic (exact) mass is 405 g/mol. The van der Waals surface area contributed by atoms with Crippen LogP contribution in [0.1, 0.15) is 5.56 Å². The van der Waals surface area contributed by atoms with Gasteiger partial charge < -0.3 is 9.80 Å². The number of nitrogens with zero attached hydrogens (tertiary/aromatic N) is 5. The number of hydrogen-bond donors (Lipinski definition) is 0. The van der Waals surface area contributed by atoms with Crippen molar-refractivity contribution in [1.29, 1.82) is 0 Å². The van der Waals surface area contributed by atoms with E-state index in [0.29, 0.717) is 31.2 Å². The lowest BCUT2D eigenvalue weighted by atomic mass is 10.2. The van der Waals surface area contributed by atoms with Crippen molar-refractivity contribution in [3.05, 3.63) is 77.5 Å². The Kier molecular flexibility index (Phi) is 5.81. The molecule has 1 aromatic carbocycles. The van der Waals surface area contributed by atoms with Crippen molar-refractivity contribution in [3.63, 3.8) is 0 Å². The van der Waals surface area contributed by atoms with E-state index in [1.165, 1.54) is 0 Å². The summed E-state index contributed by atoms with van der Waals surface area (Å²) in [5.41, 5.74) is 2.38. The number of anilines is 1. The first kappa shape index (κ1) is 19.1. The number of carbonyl (C=O) groups excluding carboxylic acids is 1. The van der Waals surface area contributed by atoms with Gasteiger partial charge >= 0.3 is 0 Å². The Morgan fingerprint density at radius 3 is 2.38 bits per heavy atom. The summed E-state index contributed by atoms with van der Waals surface area (Å²) in [6, 6.07) is 17.0. The standard InChI is InChI=1S/C22H20ClN5O/c23-18-6-2-1-5-17(18)8-11-22(29)28-15-13-27(14-16-28)21-10-9-20(25-26-21)19-7-3-4-12-24-19/h1-12H,13-16H2/b11-8+. The quantitative estimate of drug-likeness (QED) is 0.621. The van der Waals surface area contributed by atoms with Crippen molar-refractivity contribution in [2.45, 2.75) is 0 Å². The van der Waals surface area contributed by atoms with Crippen molar-refractivity contribution in [2.24, 2.45) is 0 Å². The van der Waals surface area contributed by atoms with Crippen LogP contribution in [0.2, 0.25) is 5.02 Å². The van der Waals surface area contributed by atoms with Crippen molar-refractivity contribution >= 4 is 29.4 Å². The largest absolute Gasteiger partial charge is 0.352 e. The molecule has 3 aromatic rings. The Hall–Kier alpha value is -3.25. The molecule has 29 heavy (non-hydrogen) atoms. The van der Waals surface area contributed by atoms with Crippen LogP contribution < -0.4 is 4.90 Å². The smallest absolute Gasteiger partial charge is 0.246 e. The first-order valence-electron chi connectivity index (χ1n) is 9.42. The van der Waals surface area contributed by atoms with Crippen LogP contribution in [-0.4, -0.2) is 52.2 Å². The number of pyridine rings is 1. The number of aromatic nitrogens is 3. The molecule has 7 heteroatoms. The zero-order valence-electron chi connectivity index (χ0n) is 15.8. The molecule has 146 valence electrons. The molecule has 0 radical (unpaired) electrons. The summed E-state index contributed by atoms with van der Waals surface area (Å²) >= 11 is 6.13. The lowest BCUT2D eigenvalue weighted by molar-refractivity contribution is -0.126. The van der Waals surface area contributed by atoms with Crippen LogP contribution >= 0.6 is 11.6 Å². The van der Waals surface area contributed by atoms with Gasteiger partial charge in [0, 0.05) is 43.5 Å². The van der Waals surface area contributed by atoms with Gasteiger partial charge in [-0.2, -0.15) is 0 Å². The van der Waals surface area contributed by atoms with Crippen LogP contribution in [0.25, 0.3) is 17.5 Å². The molecule has 0 spiro atoms. The maximum atomic E-state index is 12.5. The van der Waals surface area contributed by atoms with E-state index < -0.39 is 0 Å². The third kappa shape index (κ3) is 4.60. The van der Waals surface area contributed by atoms with E-state index >= 15 is 0 Å². The number of piperazine rings is 1. The number of carbonyl (C=O) groups is 1. The van der Waals surface area contributed by atoms with Gasteiger partial charge in [0.2, 0.25) is 5.91 Å². The molecule has 0 saturated carbocycles. The topological polar surface area (TPSA) is 62.2 Å². The third-order valence-electron chi connectivity index (χ3n) is 4.80. The highest BCUT2D eigenvalue weighted by molar-refractivity contribution is 6.32. The molecule has 1 saturated heterocycles. The summed E-state index contributed by atoms with van der Waals surface area (Å²) in [4.78, 5) is 20.7. The lowest BCUT2D eigenvalue weighted by Crippen LogP contribution is -2.48. The first-order chi connectivity index (χ1) is 14.2. The van der Waals surface area contributed by atoms with Crippen LogP contribution in [0.4, 0.5) is 5.82 Å². The zero-order chi connectivity index (χ0) is 20.1. The molecule has 2 aromatic heterocycles. The van der Waals surface area contributed by atoms with Crippen LogP contribution in [0.3, 0.4) is 0 Å². The van der Waals surface area contributed by atoms with Gasteiger partial charge in [0.05, 0.1) is 5.69 Å². The molecule has 0 atom stereocenters. The number of benzene rings is 1. The van der Waals surface area contributed by atoms with Gasteiger partial charge in [-0.1, -0.05) is 35.9 Å². The van der Waals surface area contributed by atoms with Gasteiger partial charge in [0.15, 0.2) is 5.82 Å². The zero-order valence-corrected chi connectivity index (χ0v) is 16.5. The summed E-state index contributed by atoms with van der Waals surface area (Å²) in [5.74, 6) is 0.796. The summed E-state index contributed by atoms with van der Waals surface area (Å²) in [5, 5.41) is 9.26. The average molecular weight is 406 g/mol. The maximum absolute atomic E-state index is 12.5. The van der Waals surface area contributed by atoms with E-state index in [2.05, 4.69) is 20.1 Å². The Morgan fingerprint density at radius 1 is 0.897 bits per heavy atom. The Bertz CT molecular complexity index is 999. The van der Waals surface area contributed by atoms with E-state index in [1.807, 2.05) is 59.5 Å². The van der Waals surface area contributed by atoms with Crippen LogP contribution in [0, 0.1) is 0 Å². The van der Waals surface area contributed by atoms with Crippen LogP contribution in [-0.2, 0) is 4.79 Å². The van der Waals surface area contributed by atoms with Crippen LogP contribution in [0.5, 0.6) is 0 Å². The lowest BCUT2D eigenvalue weighted by Gasteiger charge is -2.34. The second-order valence-corrected chi connectivity index (χ2v) is 7.07. The summed E-state index contributed by atoms with van der Waals surface area (Å²) in [6.45, 7) is 2.69. The minimum Gasteiger partial charge on any atom is -0.352 e. The van der Waals surface area contributed by atoms with Crippen molar-refractivity contribution in [2.75, 3.05) is 31.1 Å². The molecule has 1 aliphatic heterocycles. The average Bonchev–Trinajstić information content (AvgIpc) is 2.79. The van der Waals surface area contributed by atoms with E-state index in [-0.39, 0.29) is 5.91 Å². The number of halogens is 1. The summed E-state index contributed by atoms with van der Waals surface area (Å²) < 4.78 is 0. The molecule has 0 unspecified atom stereocenters. The van der Waals surface area contributed by atoms with Gasteiger partial charge in [-0.25, -0.2) is 0 Å². The normalized spacial score (nSPS) is 14.4. The van der Waals surface area contributed by atoms with E-state index in [0.717, 1.165) is 22.8 Å². The highest BCUT2D eigenvalue weighted by atomic mass is 35.5. The van der Waals surface area contributed by atoms with E-state index in [9.17, 15) is 4.79 Å². The third-order valence-corrected chi connectivity index (χ3v) is 5.15. The Balaban J connectivity index is 1.34. The molecule has 6 nitrogen and oxygen atoms in total. The number of hydrogen-bond acceptors (Lipinski definition) is 5. The fraction of sp³-hybridized carbons (Fsp3) is 0.182. The summed E-state index contributed by atoms with van der Waals surface area (Å²) in [7, 11) is 0. The van der Waals surface area contributed by atoms with Gasteiger partial charge in [0.1, 0.15) is 5.69 Å². The predicted octanol–water partition coefficient (Wildman–Crippen LogP) is 3.55. The highest BCUT2D eigenvalue weighted by Crippen LogP contribution is 2.19. The van der Waals surface area contributed by atoms with Crippen molar-refractivity contribution < 1.29 is 4.79 Å². The molecular weight excluding hydrogens is 386 g/mol. The minimum absolute atomic E-state index is 0.0128. The fourth-order valence-electron chi connectivity index (χ4n) is 3.18. The fourth-order valence-corrected chi connectivity index (χ4v) is 3.38. The second-order valence-electron chi connectivity index (χ2n) is 6.66. The molecule has 0 N–H and O–H groups in total. The molecule has 3 heterocycles. The van der Waals surface area contributed by atoms with E-state index in [1.54, 1.807) is 18.3 Å². The van der Waals surface area contributed by atoms with Crippen molar-refractivity contribution in [3.8, 4) is 11.4 Å². The van der Waals surface area contributed by atoms with Gasteiger partial charge in [-0.3, -0.25) is 9.78 Å². The molecule has 1 amide bonds. The first-order valence-corrected chi connectivity index (χ1v) is 9.80. The van der Waals surface area contributed by atoms with E-state index in [4.69, 9.17) is 11.6 Å². The van der Waals surface area contributed by atoms with Gasteiger partial charge in [-0.15, -0.1) is 10.2 Å². The SMILES string of the molecule is O=C(/C=C/c1ccccc1Cl)N1CCN(c2ccc(-c3ccccn3)nn2)CC1.